The van der Waals surface area contributed by atoms with Crippen LogP contribution in [0.2, 0.25) is 0 Å². The monoisotopic (exact) mass is 164 g/mol. The van der Waals surface area contributed by atoms with Crippen molar-refractivity contribution in [2.75, 3.05) is 0 Å². The Hall–Kier alpha value is -0.860. The predicted molar refractivity (Wildman–Crippen MR) is 45.7 cm³/mol. The molecule has 1 heterocycles. The van der Waals surface area contributed by atoms with Crippen molar-refractivity contribution in [1.29, 1.82) is 0 Å². The number of ether oxygens (including phenoxy) is 1. The minimum absolute atomic E-state index is 0.00685. The molecule has 1 fully saturated rings. The van der Waals surface area contributed by atoms with E-state index in [1.807, 2.05) is 37.3 Å². The number of aliphatic hydroxyl groups is 1. The third kappa shape index (κ3) is 1.36. The Morgan fingerprint density at radius 2 is 1.92 bits per heavy atom. The van der Waals surface area contributed by atoms with Crippen LogP contribution >= 0.6 is 0 Å². The van der Waals surface area contributed by atoms with Crippen LogP contribution in [0.1, 0.15) is 18.6 Å². The molecule has 1 aromatic carbocycles. The lowest BCUT2D eigenvalue weighted by Crippen LogP contribution is -2.06. The smallest absolute Gasteiger partial charge is 0.114 e. The van der Waals surface area contributed by atoms with Gasteiger partial charge in [-0.25, -0.2) is 0 Å². The molecule has 2 heteroatoms. The van der Waals surface area contributed by atoms with Gasteiger partial charge in [0.05, 0.1) is 6.10 Å². The highest BCUT2D eigenvalue weighted by molar-refractivity contribution is 5.20. The van der Waals surface area contributed by atoms with Crippen molar-refractivity contribution >= 4 is 0 Å². The summed E-state index contributed by atoms with van der Waals surface area (Å²) >= 11 is 0. The van der Waals surface area contributed by atoms with Crippen molar-refractivity contribution in [2.24, 2.45) is 0 Å². The topological polar surface area (TPSA) is 32.8 Å². The standard InChI is InChI=1S/C10H12O2/c1-7-10(12-7)9(11)8-5-3-2-4-6-8/h2-7,9-11H,1H3/t7-,9?,10+/m0/s1. The van der Waals surface area contributed by atoms with Crippen LogP contribution in [-0.4, -0.2) is 17.3 Å². The Morgan fingerprint density at radius 1 is 1.33 bits per heavy atom. The van der Waals surface area contributed by atoms with Gasteiger partial charge in [-0.2, -0.15) is 0 Å². The van der Waals surface area contributed by atoms with Gasteiger partial charge in [0.15, 0.2) is 0 Å². The van der Waals surface area contributed by atoms with Crippen LogP contribution in [-0.2, 0) is 4.74 Å². The van der Waals surface area contributed by atoms with Crippen LogP contribution in [0, 0.1) is 0 Å². The van der Waals surface area contributed by atoms with Crippen LogP contribution < -0.4 is 0 Å². The summed E-state index contributed by atoms with van der Waals surface area (Å²) < 4.78 is 5.18. The molecule has 1 unspecified atom stereocenters. The summed E-state index contributed by atoms with van der Waals surface area (Å²) in [6.07, 6.45) is -0.242. The fraction of sp³-hybridized carbons (Fsp3) is 0.400. The summed E-state index contributed by atoms with van der Waals surface area (Å²) in [6.45, 7) is 1.97. The Morgan fingerprint density at radius 3 is 2.42 bits per heavy atom. The van der Waals surface area contributed by atoms with Crippen molar-refractivity contribution in [3.8, 4) is 0 Å². The van der Waals surface area contributed by atoms with Crippen LogP contribution in [0.15, 0.2) is 30.3 Å². The van der Waals surface area contributed by atoms with E-state index in [9.17, 15) is 5.11 Å². The molecular formula is C10H12O2. The maximum absolute atomic E-state index is 9.71. The van der Waals surface area contributed by atoms with Gasteiger partial charge in [0.2, 0.25) is 0 Å². The number of rotatable bonds is 2. The number of epoxide rings is 1. The van der Waals surface area contributed by atoms with Crippen molar-refractivity contribution in [2.45, 2.75) is 25.2 Å². The molecule has 1 aliphatic heterocycles. The van der Waals surface area contributed by atoms with Crippen molar-refractivity contribution in [3.05, 3.63) is 35.9 Å². The Kier molecular flexibility index (Phi) is 1.87. The van der Waals surface area contributed by atoms with Gasteiger partial charge in [-0.05, 0) is 12.5 Å². The van der Waals surface area contributed by atoms with E-state index in [1.54, 1.807) is 0 Å². The van der Waals surface area contributed by atoms with E-state index in [-0.39, 0.29) is 12.2 Å². The Balaban J connectivity index is 2.10. The summed E-state index contributed by atoms with van der Waals surface area (Å²) in [7, 11) is 0. The fourth-order valence-electron chi connectivity index (χ4n) is 1.37. The average molecular weight is 164 g/mol. The van der Waals surface area contributed by atoms with Gasteiger partial charge >= 0.3 is 0 Å². The number of hydrogen-bond donors (Lipinski definition) is 1. The molecule has 0 saturated carbocycles. The Bertz CT molecular complexity index is 258. The summed E-state index contributed by atoms with van der Waals surface area (Å²) in [5.74, 6) is 0. The lowest BCUT2D eigenvalue weighted by Gasteiger charge is -2.06. The zero-order valence-corrected chi connectivity index (χ0v) is 6.97. The van der Waals surface area contributed by atoms with E-state index in [0.717, 1.165) is 5.56 Å². The maximum atomic E-state index is 9.71. The van der Waals surface area contributed by atoms with Crippen LogP contribution in [0.4, 0.5) is 0 Å². The second-order valence-electron chi connectivity index (χ2n) is 3.16. The predicted octanol–water partition coefficient (Wildman–Crippen LogP) is 1.51. The fourth-order valence-corrected chi connectivity index (χ4v) is 1.37. The first kappa shape index (κ1) is 7.77. The third-order valence-corrected chi connectivity index (χ3v) is 2.21. The van der Waals surface area contributed by atoms with Crippen molar-refractivity contribution in [1.82, 2.24) is 0 Å². The van der Waals surface area contributed by atoms with Gasteiger partial charge in [-0.3, -0.25) is 0 Å². The highest BCUT2D eigenvalue weighted by atomic mass is 16.6. The number of aliphatic hydroxyl groups excluding tert-OH is 1. The first-order valence-electron chi connectivity index (χ1n) is 4.17. The van der Waals surface area contributed by atoms with E-state index >= 15 is 0 Å². The molecular weight excluding hydrogens is 152 g/mol. The number of benzene rings is 1. The van der Waals surface area contributed by atoms with Crippen LogP contribution in [0.25, 0.3) is 0 Å². The molecule has 12 heavy (non-hydrogen) atoms. The van der Waals surface area contributed by atoms with Gasteiger partial charge in [0, 0.05) is 0 Å². The van der Waals surface area contributed by atoms with E-state index in [4.69, 9.17) is 4.74 Å². The molecule has 0 amide bonds. The molecule has 1 aliphatic rings. The Labute approximate surface area is 71.8 Å². The SMILES string of the molecule is C[C@@H]1O[C@H]1C(O)c1ccccc1. The molecule has 1 N–H and O–H groups in total. The molecule has 0 aromatic heterocycles. The molecule has 2 rings (SSSR count). The van der Waals surface area contributed by atoms with Crippen LogP contribution in [0.3, 0.4) is 0 Å². The second-order valence-corrected chi connectivity index (χ2v) is 3.16. The van der Waals surface area contributed by atoms with Gasteiger partial charge in [-0.1, -0.05) is 30.3 Å². The lowest BCUT2D eigenvalue weighted by atomic mass is 10.1. The van der Waals surface area contributed by atoms with E-state index < -0.39 is 6.10 Å². The summed E-state index contributed by atoms with van der Waals surface area (Å²) in [6, 6.07) is 9.61. The highest BCUT2D eigenvalue weighted by Gasteiger charge is 2.41. The summed E-state index contributed by atoms with van der Waals surface area (Å²) in [4.78, 5) is 0. The molecule has 2 nitrogen and oxygen atoms in total. The second kappa shape index (κ2) is 2.88. The molecule has 3 atom stereocenters. The normalized spacial score (nSPS) is 29.8. The first-order chi connectivity index (χ1) is 5.79. The molecule has 1 saturated heterocycles. The zero-order chi connectivity index (χ0) is 8.55. The van der Waals surface area contributed by atoms with Gasteiger partial charge < -0.3 is 9.84 Å². The molecule has 1 aromatic rings. The zero-order valence-electron chi connectivity index (χ0n) is 6.97. The maximum Gasteiger partial charge on any atom is 0.114 e. The lowest BCUT2D eigenvalue weighted by molar-refractivity contribution is 0.137. The van der Waals surface area contributed by atoms with Gasteiger partial charge in [0.1, 0.15) is 12.2 Å². The molecule has 0 bridgehead atoms. The van der Waals surface area contributed by atoms with E-state index in [1.165, 1.54) is 0 Å². The molecule has 0 spiro atoms. The van der Waals surface area contributed by atoms with E-state index in [0.29, 0.717) is 0 Å². The quantitative estimate of drug-likeness (QED) is 0.672. The largest absolute Gasteiger partial charge is 0.386 e. The third-order valence-electron chi connectivity index (χ3n) is 2.21. The minimum Gasteiger partial charge on any atom is -0.386 e. The van der Waals surface area contributed by atoms with E-state index in [2.05, 4.69) is 0 Å². The van der Waals surface area contributed by atoms with Gasteiger partial charge in [-0.15, -0.1) is 0 Å². The summed E-state index contributed by atoms with van der Waals surface area (Å²) in [5, 5.41) is 9.71. The van der Waals surface area contributed by atoms with Crippen molar-refractivity contribution < 1.29 is 9.84 Å². The first-order valence-corrected chi connectivity index (χ1v) is 4.17. The molecule has 64 valence electrons. The molecule has 0 radical (unpaired) electrons. The average Bonchev–Trinajstić information content (AvgIpc) is 2.83. The molecule has 0 aliphatic carbocycles. The number of hydrogen-bond acceptors (Lipinski definition) is 2. The van der Waals surface area contributed by atoms with Crippen LogP contribution in [0.5, 0.6) is 0 Å². The minimum atomic E-state index is -0.457. The van der Waals surface area contributed by atoms with Crippen molar-refractivity contribution in [3.63, 3.8) is 0 Å². The highest BCUT2D eigenvalue weighted by Crippen LogP contribution is 2.33. The van der Waals surface area contributed by atoms with Gasteiger partial charge in [0.25, 0.3) is 0 Å². The summed E-state index contributed by atoms with van der Waals surface area (Å²) in [5.41, 5.74) is 0.937.